The first kappa shape index (κ1) is 21.3. The zero-order valence-corrected chi connectivity index (χ0v) is 18.1. The second kappa shape index (κ2) is 8.54. The zero-order chi connectivity index (χ0) is 21.2. The van der Waals surface area contributed by atoms with Crippen LogP contribution in [0.2, 0.25) is 0 Å². The molecule has 158 valence electrons. The normalized spacial score (nSPS) is 16.2. The molecule has 1 aliphatic heterocycles. The van der Waals surface area contributed by atoms with E-state index in [4.69, 9.17) is 4.74 Å². The Morgan fingerprint density at radius 2 is 1.97 bits per heavy atom. The maximum absolute atomic E-state index is 12.8. The van der Waals surface area contributed by atoms with Crippen molar-refractivity contribution < 1.29 is 17.9 Å². The molecule has 1 aromatic carbocycles. The Bertz CT molecular complexity index is 976. The Labute approximate surface area is 171 Å². The second-order valence-electron chi connectivity index (χ2n) is 7.62. The van der Waals surface area contributed by atoms with E-state index in [-0.39, 0.29) is 22.9 Å². The van der Waals surface area contributed by atoms with E-state index in [9.17, 15) is 13.2 Å². The molecule has 2 aromatic rings. The molecule has 1 N–H and O–H groups in total. The van der Waals surface area contributed by atoms with Gasteiger partial charge in [0.05, 0.1) is 19.1 Å². The van der Waals surface area contributed by atoms with Gasteiger partial charge in [0.15, 0.2) is 5.03 Å². The maximum atomic E-state index is 12.8. The number of rotatable bonds is 6. The lowest BCUT2D eigenvalue weighted by Gasteiger charge is -2.30. The highest BCUT2D eigenvalue weighted by Crippen LogP contribution is 2.28. The summed E-state index contributed by atoms with van der Waals surface area (Å²) in [6.07, 6.45) is 4.02. The minimum absolute atomic E-state index is 0.0543. The fourth-order valence-corrected chi connectivity index (χ4v) is 4.77. The lowest BCUT2D eigenvalue weighted by Crippen LogP contribution is -2.41. The molecule has 0 radical (unpaired) electrons. The topological polar surface area (TPSA) is 93.5 Å². The van der Waals surface area contributed by atoms with Gasteiger partial charge in [-0.2, -0.15) is 4.31 Å². The smallest absolute Gasteiger partial charge is 0.262 e. The third kappa shape index (κ3) is 4.62. The standard InChI is InChI=1S/C20H28N4O4S/c1-14(2)23-12-19(21-13-23)29(26,27)24-9-7-16(8-10-24)20(25)22-17-11-15(3)5-6-18(17)28-4/h5-6,11-14,16H,7-10H2,1-4H3,(H,22,25). The molecule has 0 aliphatic carbocycles. The first-order chi connectivity index (χ1) is 13.7. The van der Waals surface area contributed by atoms with E-state index in [2.05, 4.69) is 10.3 Å². The third-order valence-corrected chi connectivity index (χ3v) is 7.00. The summed E-state index contributed by atoms with van der Waals surface area (Å²) in [5.74, 6) is 0.236. The van der Waals surface area contributed by atoms with Crippen LogP contribution in [0.1, 0.15) is 38.3 Å². The molecule has 9 heteroatoms. The van der Waals surface area contributed by atoms with E-state index >= 15 is 0 Å². The second-order valence-corrected chi connectivity index (χ2v) is 9.51. The molecule has 8 nitrogen and oxygen atoms in total. The van der Waals surface area contributed by atoms with Gasteiger partial charge in [0, 0.05) is 31.2 Å². The van der Waals surface area contributed by atoms with Crippen molar-refractivity contribution in [2.75, 3.05) is 25.5 Å². The molecule has 1 saturated heterocycles. The minimum Gasteiger partial charge on any atom is -0.495 e. The van der Waals surface area contributed by atoms with Crippen molar-refractivity contribution in [2.24, 2.45) is 5.92 Å². The van der Waals surface area contributed by atoms with Crippen LogP contribution in [0.25, 0.3) is 0 Å². The Hall–Kier alpha value is -2.39. The van der Waals surface area contributed by atoms with Crippen LogP contribution in [0.4, 0.5) is 5.69 Å². The quantitative estimate of drug-likeness (QED) is 0.776. The van der Waals surface area contributed by atoms with Gasteiger partial charge in [0.1, 0.15) is 5.75 Å². The summed E-state index contributed by atoms with van der Waals surface area (Å²) in [5.41, 5.74) is 1.65. The van der Waals surface area contributed by atoms with Crippen molar-refractivity contribution >= 4 is 21.6 Å². The van der Waals surface area contributed by atoms with Gasteiger partial charge in [-0.05, 0) is 51.3 Å². The molecule has 0 unspecified atom stereocenters. The number of nitrogens with zero attached hydrogens (tertiary/aromatic N) is 3. The fourth-order valence-electron chi connectivity index (χ4n) is 3.38. The monoisotopic (exact) mass is 420 g/mol. The zero-order valence-electron chi connectivity index (χ0n) is 17.3. The molecule has 0 bridgehead atoms. The number of nitrogens with one attached hydrogen (secondary N) is 1. The lowest BCUT2D eigenvalue weighted by molar-refractivity contribution is -0.120. The largest absolute Gasteiger partial charge is 0.495 e. The lowest BCUT2D eigenvalue weighted by atomic mass is 9.97. The van der Waals surface area contributed by atoms with Gasteiger partial charge in [-0.15, -0.1) is 0 Å². The number of hydrogen-bond donors (Lipinski definition) is 1. The van der Waals surface area contributed by atoms with E-state index in [0.29, 0.717) is 37.4 Å². The molecule has 1 aromatic heterocycles. The van der Waals surface area contributed by atoms with E-state index in [1.807, 2.05) is 39.0 Å². The highest BCUT2D eigenvalue weighted by Gasteiger charge is 2.33. The van der Waals surface area contributed by atoms with Gasteiger partial charge >= 0.3 is 0 Å². The van der Waals surface area contributed by atoms with E-state index in [1.165, 1.54) is 10.6 Å². The summed E-state index contributed by atoms with van der Waals surface area (Å²) in [4.78, 5) is 16.8. The van der Waals surface area contributed by atoms with Crippen LogP contribution in [-0.2, 0) is 14.8 Å². The van der Waals surface area contributed by atoms with Crippen LogP contribution < -0.4 is 10.1 Å². The highest BCUT2D eigenvalue weighted by molar-refractivity contribution is 7.89. The maximum Gasteiger partial charge on any atom is 0.262 e. The highest BCUT2D eigenvalue weighted by atomic mass is 32.2. The van der Waals surface area contributed by atoms with Gasteiger partial charge in [-0.3, -0.25) is 4.79 Å². The molecule has 0 saturated carbocycles. The molecular weight excluding hydrogens is 392 g/mol. The van der Waals surface area contributed by atoms with Gasteiger partial charge in [-0.25, -0.2) is 13.4 Å². The Balaban J connectivity index is 1.64. The Morgan fingerprint density at radius 3 is 2.55 bits per heavy atom. The molecule has 0 spiro atoms. The number of methoxy groups -OCH3 is 1. The summed E-state index contributed by atoms with van der Waals surface area (Å²) in [6, 6.07) is 5.73. The fraction of sp³-hybridized carbons (Fsp3) is 0.500. The van der Waals surface area contributed by atoms with Crippen LogP contribution in [0.5, 0.6) is 5.75 Å². The number of piperidine rings is 1. The van der Waals surface area contributed by atoms with Crippen molar-refractivity contribution in [1.82, 2.24) is 13.9 Å². The molecular formula is C20H28N4O4S. The van der Waals surface area contributed by atoms with Crippen LogP contribution in [0.15, 0.2) is 35.7 Å². The molecule has 0 atom stereocenters. The summed E-state index contributed by atoms with van der Waals surface area (Å²) in [6.45, 7) is 6.45. The molecule has 1 fully saturated rings. The van der Waals surface area contributed by atoms with Crippen LogP contribution in [0.3, 0.4) is 0 Å². The van der Waals surface area contributed by atoms with Crippen LogP contribution in [-0.4, -0.2) is 48.4 Å². The first-order valence-corrected chi connectivity index (χ1v) is 11.2. The van der Waals surface area contributed by atoms with Crippen LogP contribution >= 0.6 is 0 Å². The number of aryl methyl sites for hydroxylation is 1. The summed E-state index contributed by atoms with van der Waals surface area (Å²) < 4.78 is 34.2. The van der Waals surface area contributed by atoms with Gasteiger partial charge in [0.25, 0.3) is 10.0 Å². The SMILES string of the molecule is COc1ccc(C)cc1NC(=O)C1CCN(S(=O)(=O)c2cn(C(C)C)cn2)CC1. The van der Waals surface area contributed by atoms with E-state index < -0.39 is 10.0 Å². The van der Waals surface area contributed by atoms with Crippen LogP contribution in [0, 0.1) is 12.8 Å². The summed E-state index contributed by atoms with van der Waals surface area (Å²) in [5, 5.41) is 2.98. The van der Waals surface area contributed by atoms with Gasteiger partial charge in [0.2, 0.25) is 5.91 Å². The number of sulfonamides is 1. The van der Waals surface area contributed by atoms with E-state index in [0.717, 1.165) is 5.56 Å². The number of amides is 1. The Kier molecular flexibility index (Phi) is 6.28. The van der Waals surface area contributed by atoms with Crippen molar-refractivity contribution in [2.45, 2.75) is 44.7 Å². The van der Waals surface area contributed by atoms with Crippen molar-refractivity contribution in [3.63, 3.8) is 0 Å². The first-order valence-electron chi connectivity index (χ1n) is 9.71. The summed E-state index contributed by atoms with van der Waals surface area (Å²) in [7, 11) is -2.09. The van der Waals surface area contributed by atoms with Crippen molar-refractivity contribution in [3.05, 3.63) is 36.3 Å². The number of imidazole rings is 1. The average Bonchev–Trinajstić information content (AvgIpc) is 3.20. The average molecular weight is 421 g/mol. The number of hydrogen-bond acceptors (Lipinski definition) is 5. The number of carbonyl (C=O) groups is 1. The number of aromatic nitrogens is 2. The van der Waals surface area contributed by atoms with Gasteiger partial charge in [-0.1, -0.05) is 6.07 Å². The number of ether oxygens (including phenoxy) is 1. The molecule has 1 amide bonds. The van der Waals surface area contributed by atoms with Gasteiger partial charge < -0.3 is 14.6 Å². The third-order valence-electron chi connectivity index (χ3n) is 5.22. The number of anilines is 1. The number of benzene rings is 1. The predicted molar refractivity (Wildman–Crippen MR) is 110 cm³/mol. The van der Waals surface area contributed by atoms with Crippen molar-refractivity contribution in [1.29, 1.82) is 0 Å². The van der Waals surface area contributed by atoms with E-state index in [1.54, 1.807) is 17.9 Å². The molecule has 3 rings (SSSR count). The predicted octanol–water partition coefficient (Wildman–Crippen LogP) is 2.82. The minimum atomic E-state index is -3.65. The van der Waals surface area contributed by atoms with Crippen molar-refractivity contribution in [3.8, 4) is 5.75 Å². The molecule has 1 aliphatic rings. The number of carbonyl (C=O) groups excluding carboxylic acids is 1. The molecule has 2 heterocycles. The summed E-state index contributed by atoms with van der Waals surface area (Å²) >= 11 is 0. The Morgan fingerprint density at radius 1 is 1.28 bits per heavy atom. The molecule has 29 heavy (non-hydrogen) atoms.